The SMILES string of the molecule is Cc1ccc(NC(=O)c2cc(C(F)(F)F)cc(C(F)(F)F)c2)cc1-c1nc2ccccc2[nH]1. The number of rotatable bonds is 3. The van der Waals surface area contributed by atoms with Gasteiger partial charge in [0.25, 0.3) is 5.91 Å². The number of benzene rings is 3. The van der Waals surface area contributed by atoms with Crippen LogP contribution in [0.25, 0.3) is 22.4 Å². The summed E-state index contributed by atoms with van der Waals surface area (Å²) in [6.07, 6.45) is -10.1. The van der Waals surface area contributed by atoms with Gasteiger partial charge in [0.1, 0.15) is 5.82 Å². The first-order chi connectivity index (χ1) is 15.4. The number of aryl methyl sites for hydroxylation is 1. The van der Waals surface area contributed by atoms with E-state index >= 15 is 0 Å². The Kier molecular flexibility index (Phi) is 5.39. The molecule has 170 valence electrons. The van der Waals surface area contributed by atoms with E-state index in [1.54, 1.807) is 19.1 Å². The van der Waals surface area contributed by atoms with Gasteiger partial charge in [0, 0.05) is 16.8 Å². The zero-order chi connectivity index (χ0) is 24.0. The van der Waals surface area contributed by atoms with Crippen LogP contribution in [0, 0.1) is 6.92 Å². The fourth-order valence-electron chi connectivity index (χ4n) is 3.32. The number of alkyl halides is 6. The minimum Gasteiger partial charge on any atom is -0.338 e. The van der Waals surface area contributed by atoms with Crippen molar-refractivity contribution in [1.29, 1.82) is 0 Å². The monoisotopic (exact) mass is 463 g/mol. The van der Waals surface area contributed by atoms with Crippen molar-refractivity contribution in [3.63, 3.8) is 0 Å². The summed E-state index contributed by atoms with van der Waals surface area (Å²) in [4.78, 5) is 20.2. The smallest absolute Gasteiger partial charge is 0.338 e. The second kappa shape index (κ2) is 7.95. The second-order valence-corrected chi connectivity index (χ2v) is 7.38. The van der Waals surface area contributed by atoms with Crippen LogP contribution in [0.2, 0.25) is 0 Å². The van der Waals surface area contributed by atoms with Crippen LogP contribution in [0.3, 0.4) is 0 Å². The maximum absolute atomic E-state index is 13.1. The number of anilines is 1. The number of fused-ring (bicyclic) bond motifs is 1. The van der Waals surface area contributed by atoms with Gasteiger partial charge in [-0.25, -0.2) is 4.98 Å². The summed E-state index contributed by atoms with van der Waals surface area (Å²) in [5.41, 5.74) is -0.789. The number of hydrogen-bond acceptors (Lipinski definition) is 2. The largest absolute Gasteiger partial charge is 0.416 e. The van der Waals surface area contributed by atoms with Gasteiger partial charge in [-0.3, -0.25) is 4.79 Å². The Labute approximate surface area is 183 Å². The highest BCUT2D eigenvalue weighted by Gasteiger charge is 2.37. The Balaban J connectivity index is 1.68. The predicted molar refractivity (Wildman–Crippen MR) is 111 cm³/mol. The molecule has 0 aliphatic heterocycles. The van der Waals surface area contributed by atoms with Crippen molar-refractivity contribution in [1.82, 2.24) is 9.97 Å². The van der Waals surface area contributed by atoms with Gasteiger partial charge in [0.05, 0.1) is 22.2 Å². The highest BCUT2D eigenvalue weighted by atomic mass is 19.4. The number of hydrogen-bond donors (Lipinski definition) is 2. The number of nitrogens with one attached hydrogen (secondary N) is 2. The average Bonchev–Trinajstić information content (AvgIpc) is 3.17. The van der Waals surface area contributed by atoms with Gasteiger partial charge in [-0.1, -0.05) is 18.2 Å². The van der Waals surface area contributed by atoms with Crippen LogP contribution in [0.5, 0.6) is 0 Å². The van der Waals surface area contributed by atoms with E-state index in [9.17, 15) is 31.1 Å². The molecule has 0 bridgehead atoms. The minimum absolute atomic E-state index is 0.0255. The molecule has 4 rings (SSSR count). The van der Waals surface area contributed by atoms with E-state index in [0.29, 0.717) is 29.0 Å². The molecule has 0 atom stereocenters. The first kappa shape index (κ1) is 22.4. The number of aromatic amines is 1. The standard InChI is InChI=1S/C23H15F6N3O/c1-12-6-7-16(11-17(12)20-31-18-4-2-3-5-19(18)32-20)30-21(33)13-8-14(22(24,25)26)10-15(9-13)23(27,28)29/h2-11H,1H3,(H,30,33)(H,31,32). The number of imidazole rings is 1. The number of carbonyl (C=O) groups is 1. The van der Waals surface area contributed by atoms with Crippen LogP contribution >= 0.6 is 0 Å². The van der Waals surface area contributed by atoms with Gasteiger partial charge >= 0.3 is 12.4 Å². The van der Waals surface area contributed by atoms with Gasteiger partial charge in [0.15, 0.2) is 0 Å². The van der Waals surface area contributed by atoms with Crippen molar-refractivity contribution >= 4 is 22.6 Å². The zero-order valence-electron chi connectivity index (χ0n) is 16.9. The van der Waals surface area contributed by atoms with Gasteiger partial charge < -0.3 is 10.3 Å². The summed E-state index contributed by atoms with van der Waals surface area (Å²) in [5.74, 6) is -0.603. The van der Waals surface area contributed by atoms with Gasteiger partial charge in [-0.15, -0.1) is 0 Å². The Bertz CT molecular complexity index is 1290. The van der Waals surface area contributed by atoms with Crippen molar-refractivity contribution in [2.24, 2.45) is 0 Å². The molecule has 0 radical (unpaired) electrons. The summed E-state index contributed by atoms with van der Waals surface area (Å²) >= 11 is 0. The van der Waals surface area contributed by atoms with E-state index in [1.807, 2.05) is 24.3 Å². The number of amides is 1. The lowest BCUT2D eigenvalue weighted by Gasteiger charge is -2.14. The molecule has 3 aromatic carbocycles. The molecule has 0 aliphatic carbocycles. The van der Waals surface area contributed by atoms with Crippen molar-refractivity contribution in [2.75, 3.05) is 5.32 Å². The molecule has 0 unspecified atom stereocenters. The van der Waals surface area contributed by atoms with Crippen LogP contribution in [-0.4, -0.2) is 15.9 Å². The Morgan fingerprint density at radius 2 is 1.52 bits per heavy atom. The number of nitrogens with zero attached hydrogens (tertiary/aromatic N) is 1. The third-order valence-electron chi connectivity index (χ3n) is 4.99. The van der Waals surface area contributed by atoms with E-state index in [-0.39, 0.29) is 11.8 Å². The maximum atomic E-state index is 13.1. The lowest BCUT2D eigenvalue weighted by atomic mass is 10.0. The quantitative estimate of drug-likeness (QED) is 0.327. The van der Waals surface area contributed by atoms with Crippen LogP contribution in [0.4, 0.5) is 32.0 Å². The van der Waals surface area contributed by atoms with E-state index in [2.05, 4.69) is 15.3 Å². The van der Waals surface area contributed by atoms with Gasteiger partial charge in [0.2, 0.25) is 0 Å². The molecule has 0 fully saturated rings. The maximum Gasteiger partial charge on any atom is 0.416 e. The average molecular weight is 463 g/mol. The summed E-state index contributed by atoms with van der Waals surface area (Å²) < 4.78 is 78.5. The first-order valence-corrected chi connectivity index (χ1v) is 9.58. The molecule has 0 saturated carbocycles. The second-order valence-electron chi connectivity index (χ2n) is 7.38. The molecule has 4 aromatic rings. The summed E-state index contributed by atoms with van der Waals surface area (Å²) in [6, 6.07) is 12.7. The summed E-state index contributed by atoms with van der Waals surface area (Å²) in [6.45, 7) is 1.80. The molecule has 1 aromatic heterocycles. The molecule has 33 heavy (non-hydrogen) atoms. The first-order valence-electron chi connectivity index (χ1n) is 9.58. The number of aromatic nitrogens is 2. The Morgan fingerprint density at radius 1 is 0.879 bits per heavy atom. The van der Waals surface area contributed by atoms with Crippen LogP contribution < -0.4 is 5.32 Å². The van der Waals surface area contributed by atoms with Gasteiger partial charge in [-0.2, -0.15) is 26.3 Å². The van der Waals surface area contributed by atoms with Crippen LogP contribution in [0.1, 0.15) is 27.0 Å². The topological polar surface area (TPSA) is 57.8 Å². The normalized spacial score (nSPS) is 12.2. The third kappa shape index (κ3) is 4.69. The Hall–Kier alpha value is -3.82. The number of para-hydroxylation sites is 2. The van der Waals surface area contributed by atoms with Crippen LogP contribution in [0.15, 0.2) is 60.7 Å². The van der Waals surface area contributed by atoms with Crippen molar-refractivity contribution in [3.8, 4) is 11.4 Å². The summed E-state index contributed by atoms with van der Waals surface area (Å²) in [5, 5.41) is 2.37. The van der Waals surface area contributed by atoms with Crippen molar-refractivity contribution < 1.29 is 31.1 Å². The molecule has 4 nitrogen and oxygen atoms in total. The predicted octanol–water partition coefficient (Wildman–Crippen LogP) is 6.83. The third-order valence-corrected chi connectivity index (χ3v) is 4.99. The molecule has 2 N–H and O–H groups in total. The number of carbonyl (C=O) groups excluding carboxylic acids is 1. The molecule has 0 spiro atoms. The lowest BCUT2D eigenvalue weighted by Crippen LogP contribution is -2.17. The molecular formula is C23H15F6N3O. The molecule has 1 amide bonds. The Morgan fingerprint density at radius 3 is 2.12 bits per heavy atom. The van der Waals surface area contributed by atoms with E-state index in [4.69, 9.17) is 0 Å². The summed E-state index contributed by atoms with van der Waals surface area (Å²) in [7, 11) is 0. The minimum atomic E-state index is -5.05. The molecule has 0 saturated heterocycles. The highest BCUT2D eigenvalue weighted by molar-refractivity contribution is 6.05. The molecule has 10 heteroatoms. The van der Waals surface area contributed by atoms with Crippen molar-refractivity contribution in [3.05, 3.63) is 82.9 Å². The van der Waals surface area contributed by atoms with Crippen LogP contribution in [-0.2, 0) is 12.4 Å². The van der Waals surface area contributed by atoms with E-state index in [0.717, 1.165) is 11.1 Å². The highest BCUT2D eigenvalue weighted by Crippen LogP contribution is 2.36. The number of H-pyrrole nitrogens is 1. The van der Waals surface area contributed by atoms with Gasteiger partial charge in [-0.05, 0) is 55.0 Å². The molecule has 1 heterocycles. The molecule has 0 aliphatic rings. The van der Waals surface area contributed by atoms with Crippen molar-refractivity contribution in [2.45, 2.75) is 19.3 Å². The fourth-order valence-corrected chi connectivity index (χ4v) is 3.32. The van der Waals surface area contributed by atoms with E-state index in [1.165, 1.54) is 6.07 Å². The fraction of sp³-hybridized carbons (Fsp3) is 0.130. The van der Waals surface area contributed by atoms with E-state index < -0.39 is 35.0 Å². The number of halogens is 6. The zero-order valence-corrected chi connectivity index (χ0v) is 16.9. The lowest BCUT2D eigenvalue weighted by molar-refractivity contribution is -0.143. The molecular weight excluding hydrogens is 448 g/mol.